The van der Waals surface area contributed by atoms with Gasteiger partial charge in [0, 0.05) is 30.0 Å². The van der Waals surface area contributed by atoms with Gasteiger partial charge in [-0.1, -0.05) is 62.5 Å². The Morgan fingerprint density at radius 1 is 0.957 bits per heavy atom. The molecule has 2 aromatic rings. The van der Waals surface area contributed by atoms with Crippen molar-refractivity contribution in [1.82, 2.24) is 5.32 Å². The van der Waals surface area contributed by atoms with Gasteiger partial charge in [0.25, 0.3) is 0 Å². The maximum Gasteiger partial charge on any atom is 0.0414 e. The van der Waals surface area contributed by atoms with Gasteiger partial charge in [-0.25, -0.2) is 0 Å². The Kier molecular flexibility index (Phi) is 6.04. The van der Waals surface area contributed by atoms with E-state index in [9.17, 15) is 0 Å². The summed E-state index contributed by atoms with van der Waals surface area (Å²) in [5.74, 6) is 0. The van der Waals surface area contributed by atoms with Crippen molar-refractivity contribution in [3.05, 3.63) is 89.8 Å². The monoisotopic (exact) mass is 306 g/mol. The standard InChI is InChI=1S/C21H26N2/c1-5-17(3)23-21-14-20(12-11-16(21)2)15-22-18(4)13-19-9-7-6-8-10-19/h6-12,14,22-23H,3-5,13,15H2,1-2H3. The highest BCUT2D eigenvalue weighted by Crippen LogP contribution is 2.19. The van der Waals surface area contributed by atoms with Crippen LogP contribution < -0.4 is 10.6 Å². The van der Waals surface area contributed by atoms with Crippen LogP contribution in [0.3, 0.4) is 0 Å². The number of hydrogen-bond acceptors (Lipinski definition) is 2. The first kappa shape index (κ1) is 16.9. The topological polar surface area (TPSA) is 24.1 Å². The molecule has 0 atom stereocenters. The van der Waals surface area contributed by atoms with E-state index in [0.29, 0.717) is 0 Å². The molecule has 0 saturated carbocycles. The Morgan fingerprint density at radius 2 is 1.70 bits per heavy atom. The van der Waals surface area contributed by atoms with Gasteiger partial charge in [0.2, 0.25) is 0 Å². The van der Waals surface area contributed by atoms with Gasteiger partial charge < -0.3 is 10.6 Å². The molecule has 0 unspecified atom stereocenters. The SMILES string of the molecule is C=C(Cc1ccccc1)NCc1ccc(C)c(NC(=C)CC)c1. The molecule has 2 N–H and O–H groups in total. The minimum Gasteiger partial charge on any atom is -0.384 e. The molecule has 0 fully saturated rings. The van der Waals surface area contributed by atoms with Crippen LogP contribution in [-0.2, 0) is 13.0 Å². The lowest BCUT2D eigenvalue weighted by Crippen LogP contribution is -2.14. The first-order chi connectivity index (χ1) is 11.1. The van der Waals surface area contributed by atoms with E-state index in [-0.39, 0.29) is 0 Å². The highest BCUT2D eigenvalue weighted by Gasteiger charge is 2.02. The summed E-state index contributed by atoms with van der Waals surface area (Å²) in [6.45, 7) is 13.1. The predicted octanol–water partition coefficient (Wildman–Crippen LogP) is 5.18. The largest absolute Gasteiger partial charge is 0.384 e. The van der Waals surface area contributed by atoms with E-state index in [4.69, 9.17) is 0 Å². The molecule has 0 heterocycles. The molecule has 0 aliphatic carbocycles. The van der Waals surface area contributed by atoms with Gasteiger partial charge in [0.15, 0.2) is 0 Å². The molecule has 0 aromatic heterocycles. The average molecular weight is 306 g/mol. The first-order valence-electron chi connectivity index (χ1n) is 8.08. The fourth-order valence-corrected chi connectivity index (χ4v) is 2.32. The minimum atomic E-state index is 0.777. The van der Waals surface area contributed by atoms with Crippen molar-refractivity contribution in [2.75, 3.05) is 5.32 Å². The summed E-state index contributed by atoms with van der Waals surface area (Å²) in [4.78, 5) is 0. The fourth-order valence-electron chi connectivity index (χ4n) is 2.32. The summed E-state index contributed by atoms with van der Waals surface area (Å²) in [5, 5.41) is 6.80. The molecule has 0 bridgehead atoms. The zero-order valence-corrected chi connectivity index (χ0v) is 14.2. The van der Waals surface area contributed by atoms with E-state index in [2.05, 4.69) is 80.1 Å². The van der Waals surface area contributed by atoms with Gasteiger partial charge in [-0.05, 0) is 36.1 Å². The van der Waals surface area contributed by atoms with Crippen molar-refractivity contribution in [3.63, 3.8) is 0 Å². The highest BCUT2D eigenvalue weighted by atomic mass is 14.9. The van der Waals surface area contributed by atoms with Crippen LogP contribution in [0.15, 0.2) is 73.1 Å². The summed E-state index contributed by atoms with van der Waals surface area (Å²) in [6, 6.07) is 16.9. The van der Waals surface area contributed by atoms with Gasteiger partial charge in [-0.15, -0.1) is 0 Å². The van der Waals surface area contributed by atoms with Gasteiger partial charge in [0.05, 0.1) is 0 Å². The van der Waals surface area contributed by atoms with E-state index in [1.807, 2.05) is 6.07 Å². The van der Waals surface area contributed by atoms with E-state index in [1.54, 1.807) is 0 Å². The van der Waals surface area contributed by atoms with Gasteiger partial charge in [-0.3, -0.25) is 0 Å². The molecule has 0 aliphatic heterocycles. The lowest BCUT2D eigenvalue weighted by Gasteiger charge is -2.14. The molecule has 23 heavy (non-hydrogen) atoms. The number of rotatable bonds is 8. The molecule has 0 spiro atoms. The molecule has 0 radical (unpaired) electrons. The summed E-state index contributed by atoms with van der Waals surface area (Å²) >= 11 is 0. The van der Waals surface area contributed by atoms with E-state index >= 15 is 0 Å². The second kappa shape index (κ2) is 8.23. The minimum absolute atomic E-state index is 0.777. The lowest BCUT2D eigenvalue weighted by molar-refractivity contribution is 0.786. The van der Waals surface area contributed by atoms with Gasteiger partial charge in [0.1, 0.15) is 0 Å². The average Bonchev–Trinajstić information content (AvgIpc) is 2.56. The quantitative estimate of drug-likeness (QED) is 0.702. The highest BCUT2D eigenvalue weighted by molar-refractivity contribution is 5.55. The van der Waals surface area contributed by atoms with Gasteiger partial charge >= 0.3 is 0 Å². The Bertz CT molecular complexity index is 671. The number of anilines is 1. The third-order valence-corrected chi connectivity index (χ3v) is 3.84. The number of allylic oxidation sites excluding steroid dienone is 2. The van der Waals surface area contributed by atoms with Crippen molar-refractivity contribution in [1.29, 1.82) is 0 Å². The van der Waals surface area contributed by atoms with Crippen molar-refractivity contribution < 1.29 is 0 Å². The number of nitrogens with one attached hydrogen (secondary N) is 2. The summed E-state index contributed by atoms with van der Waals surface area (Å²) < 4.78 is 0. The normalized spacial score (nSPS) is 10.2. The molecule has 2 aromatic carbocycles. The molecule has 2 heteroatoms. The van der Waals surface area contributed by atoms with Crippen molar-refractivity contribution in [3.8, 4) is 0 Å². The van der Waals surface area contributed by atoms with Crippen LogP contribution in [0.4, 0.5) is 5.69 Å². The molecule has 0 saturated heterocycles. The maximum absolute atomic E-state index is 4.13. The number of benzene rings is 2. The zero-order chi connectivity index (χ0) is 16.7. The van der Waals surface area contributed by atoms with E-state index < -0.39 is 0 Å². The lowest BCUT2D eigenvalue weighted by atomic mass is 10.1. The van der Waals surface area contributed by atoms with E-state index in [1.165, 1.54) is 16.7 Å². The second-order valence-electron chi connectivity index (χ2n) is 5.85. The Balaban J connectivity index is 1.93. The number of hydrogen-bond donors (Lipinski definition) is 2. The van der Waals surface area contributed by atoms with Crippen LogP contribution in [-0.4, -0.2) is 0 Å². The smallest absolute Gasteiger partial charge is 0.0414 e. The van der Waals surface area contributed by atoms with Crippen LogP contribution in [0.2, 0.25) is 0 Å². The summed E-state index contributed by atoms with van der Waals surface area (Å²) in [7, 11) is 0. The fraction of sp³-hybridized carbons (Fsp3) is 0.238. The van der Waals surface area contributed by atoms with Crippen molar-refractivity contribution in [2.24, 2.45) is 0 Å². The Labute approximate surface area is 139 Å². The van der Waals surface area contributed by atoms with Crippen LogP contribution in [0.25, 0.3) is 0 Å². The number of aryl methyl sites for hydroxylation is 1. The van der Waals surface area contributed by atoms with Crippen molar-refractivity contribution in [2.45, 2.75) is 33.2 Å². The van der Waals surface area contributed by atoms with Crippen LogP contribution >= 0.6 is 0 Å². The maximum atomic E-state index is 4.13. The molecular weight excluding hydrogens is 280 g/mol. The molecular formula is C21H26N2. The van der Waals surface area contributed by atoms with Crippen molar-refractivity contribution >= 4 is 5.69 Å². The zero-order valence-electron chi connectivity index (χ0n) is 14.2. The molecule has 0 aliphatic rings. The first-order valence-corrected chi connectivity index (χ1v) is 8.08. The second-order valence-corrected chi connectivity index (χ2v) is 5.85. The predicted molar refractivity (Wildman–Crippen MR) is 100 cm³/mol. The Morgan fingerprint density at radius 3 is 2.39 bits per heavy atom. The van der Waals surface area contributed by atoms with Gasteiger partial charge in [-0.2, -0.15) is 0 Å². The molecule has 2 rings (SSSR count). The Hall–Kier alpha value is -2.48. The molecule has 2 nitrogen and oxygen atoms in total. The van der Waals surface area contributed by atoms with Crippen LogP contribution in [0.1, 0.15) is 30.0 Å². The van der Waals surface area contributed by atoms with Crippen LogP contribution in [0.5, 0.6) is 0 Å². The van der Waals surface area contributed by atoms with Crippen LogP contribution in [0, 0.1) is 6.92 Å². The third kappa shape index (κ3) is 5.33. The van der Waals surface area contributed by atoms with E-state index in [0.717, 1.165) is 36.5 Å². The summed E-state index contributed by atoms with van der Waals surface area (Å²) in [5.41, 5.74) is 6.93. The molecule has 0 amide bonds. The molecule has 120 valence electrons. The summed E-state index contributed by atoms with van der Waals surface area (Å²) in [6.07, 6.45) is 1.78. The third-order valence-electron chi connectivity index (χ3n) is 3.84.